The van der Waals surface area contributed by atoms with E-state index in [1.165, 1.54) is 23.9 Å². The van der Waals surface area contributed by atoms with Crippen molar-refractivity contribution in [2.45, 2.75) is 19.4 Å². The number of benzene rings is 1. The van der Waals surface area contributed by atoms with E-state index in [0.717, 1.165) is 62.8 Å². The number of hydrogen-bond donors (Lipinski definition) is 0. The number of rotatable bonds is 4. The SMILES string of the molecule is Cn1ncc(CN2CCN(c3ccc4ncnc(N5CCCC5)c4c3)CC2)n1. The van der Waals surface area contributed by atoms with E-state index < -0.39 is 0 Å². The molecule has 0 N–H and O–H groups in total. The van der Waals surface area contributed by atoms with Gasteiger partial charge in [-0.05, 0) is 31.0 Å². The second-order valence-electron chi connectivity index (χ2n) is 7.68. The molecule has 146 valence electrons. The molecule has 0 amide bonds. The van der Waals surface area contributed by atoms with Crippen molar-refractivity contribution in [2.75, 3.05) is 49.1 Å². The zero-order valence-electron chi connectivity index (χ0n) is 16.3. The highest BCUT2D eigenvalue weighted by Gasteiger charge is 2.20. The minimum absolute atomic E-state index is 0.867. The lowest BCUT2D eigenvalue weighted by Gasteiger charge is -2.35. The summed E-state index contributed by atoms with van der Waals surface area (Å²) in [6.07, 6.45) is 6.05. The lowest BCUT2D eigenvalue weighted by atomic mass is 10.1. The maximum absolute atomic E-state index is 4.61. The summed E-state index contributed by atoms with van der Waals surface area (Å²) in [6.45, 7) is 7.13. The van der Waals surface area contributed by atoms with Crippen LogP contribution in [0.3, 0.4) is 0 Å². The molecule has 0 spiro atoms. The van der Waals surface area contributed by atoms with Gasteiger partial charge in [-0.25, -0.2) is 9.97 Å². The van der Waals surface area contributed by atoms with Crippen LogP contribution in [-0.2, 0) is 13.6 Å². The van der Waals surface area contributed by atoms with Gasteiger partial charge in [0.2, 0.25) is 0 Å². The summed E-state index contributed by atoms with van der Waals surface area (Å²) < 4.78 is 0. The molecule has 0 radical (unpaired) electrons. The molecule has 8 nitrogen and oxygen atoms in total. The fourth-order valence-corrected chi connectivity index (χ4v) is 4.26. The molecule has 1 aromatic carbocycles. The number of fused-ring (bicyclic) bond motifs is 1. The van der Waals surface area contributed by atoms with E-state index in [1.54, 1.807) is 11.1 Å². The van der Waals surface area contributed by atoms with Crippen molar-refractivity contribution in [2.24, 2.45) is 7.05 Å². The Morgan fingerprint density at radius 3 is 2.50 bits per heavy atom. The summed E-state index contributed by atoms with van der Waals surface area (Å²) >= 11 is 0. The molecule has 8 heteroatoms. The molecule has 0 aliphatic carbocycles. The first-order valence-corrected chi connectivity index (χ1v) is 10.1. The Kier molecular flexibility index (Phi) is 4.56. The van der Waals surface area contributed by atoms with E-state index in [-0.39, 0.29) is 0 Å². The monoisotopic (exact) mass is 378 g/mol. The molecule has 0 saturated carbocycles. The van der Waals surface area contributed by atoms with E-state index in [1.807, 2.05) is 13.2 Å². The number of nitrogens with zero attached hydrogens (tertiary/aromatic N) is 8. The Morgan fingerprint density at radius 1 is 0.929 bits per heavy atom. The minimum Gasteiger partial charge on any atom is -0.369 e. The van der Waals surface area contributed by atoms with Crippen LogP contribution in [0.5, 0.6) is 0 Å². The number of hydrogen-bond acceptors (Lipinski definition) is 7. The number of aryl methyl sites for hydroxylation is 1. The van der Waals surface area contributed by atoms with E-state index in [4.69, 9.17) is 0 Å². The van der Waals surface area contributed by atoms with Crippen LogP contribution in [0.15, 0.2) is 30.7 Å². The van der Waals surface area contributed by atoms with Crippen LogP contribution in [0.4, 0.5) is 11.5 Å². The first-order valence-electron chi connectivity index (χ1n) is 10.1. The van der Waals surface area contributed by atoms with Gasteiger partial charge in [-0.2, -0.15) is 15.0 Å². The van der Waals surface area contributed by atoms with Crippen molar-refractivity contribution in [1.29, 1.82) is 0 Å². The van der Waals surface area contributed by atoms with Crippen molar-refractivity contribution >= 4 is 22.4 Å². The second-order valence-corrected chi connectivity index (χ2v) is 7.68. The van der Waals surface area contributed by atoms with Gasteiger partial charge < -0.3 is 9.80 Å². The third-order valence-corrected chi connectivity index (χ3v) is 5.77. The van der Waals surface area contributed by atoms with E-state index >= 15 is 0 Å². The van der Waals surface area contributed by atoms with Gasteiger partial charge >= 0.3 is 0 Å². The zero-order chi connectivity index (χ0) is 18.9. The van der Waals surface area contributed by atoms with E-state index in [2.05, 4.69) is 53.1 Å². The van der Waals surface area contributed by atoms with Crippen molar-refractivity contribution in [3.8, 4) is 0 Å². The highest BCUT2D eigenvalue weighted by molar-refractivity contribution is 5.92. The minimum atomic E-state index is 0.867. The summed E-state index contributed by atoms with van der Waals surface area (Å²) in [6, 6.07) is 6.61. The molecular weight excluding hydrogens is 352 g/mol. The molecule has 2 aliphatic heterocycles. The summed E-state index contributed by atoms with van der Waals surface area (Å²) in [5, 5.41) is 9.73. The molecule has 0 atom stereocenters. The predicted octanol–water partition coefficient (Wildman–Crippen LogP) is 1.68. The van der Waals surface area contributed by atoms with Crippen molar-refractivity contribution in [3.63, 3.8) is 0 Å². The molecule has 2 aliphatic rings. The topological polar surface area (TPSA) is 66.2 Å². The molecule has 0 unspecified atom stereocenters. The largest absolute Gasteiger partial charge is 0.369 e. The van der Waals surface area contributed by atoms with Crippen LogP contribution < -0.4 is 9.80 Å². The van der Waals surface area contributed by atoms with Gasteiger partial charge in [-0.15, -0.1) is 0 Å². The Labute approximate surface area is 164 Å². The third kappa shape index (κ3) is 3.40. The number of aromatic nitrogens is 5. The predicted molar refractivity (Wildman–Crippen MR) is 109 cm³/mol. The van der Waals surface area contributed by atoms with Crippen molar-refractivity contribution < 1.29 is 0 Å². The summed E-state index contributed by atoms with van der Waals surface area (Å²) in [7, 11) is 1.86. The standard InChI is InChI=1S/C20H26N8/c1-25-23-13-16(24-25)14-26-8-10-27(11-9-26)17-4-5-19-18(12-17)20(22-15-21-19)28-6-2-3-7-28/h4-5,12-13,15H,2-3,6-11,14H2,1H3. The Balaban J connectivity index is 1.32. The van der Waals surface area contributed by atoms with Gasteiger partial charge in [-0.1, -0.05) is 0 Å². The van der Waals surface area contributed by atoms with Gasteiger partial charge in [-0.3, -0.25) is 4.90 Å². The average Bonchev–Trinajstić information content (AvgIpc) is 3.40. The van der Waals surface area contributed by atoms with Gasteiger partial charge in [0.15, 0.2) is 0 Å². The first-order chi connectivity index (χ1) is 13.8. The molecule has 5 rings (SSSR count). The van der Waals surface area contributed by atoms with Gasteiger partial charge in [0.1, 0.15) is 12.1 Å². The molecule has 0 bridgehead atoms. The molecular formula is C20H26N8. The number of anilines is 2. The van der Waals surface area contributed by atoms with Crippen LogP contribution in [0.1, 0.15) is 18.5 Å². The molecule has 2 saturated heterocycles. The van der Waals surface area contributed by atoms with Crippen LogP contribution in [0, 0.1) is 0 Å². The van der Waals surface area contributed by atoms with Crippen LogP contribution >= 0.6 is 0 Å². The third-order valence-electron chi connectivity index (χ3n) is 5.77. The van der Waals surface area contributed by atoms with Crippen LogP contribution in [0.25, 0.3) is 10.9 Å². The number of piperazine rings is 1. The van der Waals surface area contributed by atoms with Gasteiger partial charge in [0.05, 0.1) is 17.4 Å². The molecule has 3 aromatic rings. The normalized spacial score (nSPS) is 18.3. The molecule has 4 heterocycles. The van der Waals surface area contributed by atoms with Crippen molar-refractivity contribution in [3.05, 3.63) is 36.4 Å². The summed E-state index contributed by atoms with van der Waals surface area (Å²) in [4.78, 5) is 18.0. The van der Waals surface area contributed by atoms with E-state index in [9.17, 15) is 0 Å². The quantitative estimate of drug-likeness (QED) is 0.684. The average molecular weight is 378 g/mol. The molecule has 28 heavy (non-hydrogen) atoms. The van der Waals surface area contributed by atoms with Gasteiger partial charge in [0.25, 0.3) is 0 Å². The highest BCUT2D eigenvalue weighted by atomic mass is 15.5. The highest BCUT2D eigenvalue weighted by Crippen LogP contribution is 2.30. The smallest absolute Gasteiger partial charge is 0.139 e. The lowest BCUT2D eigenvalue weighted by Crippen LogP contribution is -2.46. The Hall–Kier alpha value is -2.74. The van der Waals surface area contributed by atoms with Gasteiger partial charge in [0, 0.05) is 63.9 Å². The Bertz CT molecular complexity index is 954. The van der Waals surface area contributed by atoms with Crippen LogP contribution in [0.2, 0.25) is 0 Å². The van der Waals surface area contributed by atoms with Crippen molar-refractivity contribution in [1.82, 2.24) is 29.9 Å². The fraction of sp³-hybridized carbons (Fsp3) is 0.500. The Morgan fingerprint density at radius 2 is 1.75 bits per heavy atom. The lowest BCUT2D eigenvalue weighted by molar-refractivity contribution is 0.246. The van der Waals surface area contributed by atoms with E-state index in [0.29, 0.717) is 0 Å². The van der Waals surface area contributed by atoms with Crippen LogP contribution in [-0.4, -0.2) is 69.1 Å². The maximum Gasteiger partial charge on any atom is 0.139 e. The summed E-state index contributed by atoms with van der Waals surface area (Å²) in [5.74, 6) is 1.09. The fourth-order valence-electron chi connectivity index (χ4n) is 4.26. The zero-order valence-corrected chi connectivity index (χ0v) is 16.3. The summed E-state index contributed by atoms with van der Waals surface area (Å²) in [5.41, 5.74) is 3.33. The molecule has 2 fully saturated rings. The molecule has 2 aromatic heterocycles. The maximum atomic E-state index is 4.61. The first kappa shape index (κ1) is 17.4. The second kappa shape index (κ2) is 7.35.